The van der Waals surface area contributed by atoms with Gasteiger partial charge in [-0.15, -0.1) is 0 Å². The minimum atomic E-state index is -3.08. The van der Waals surface area contributed by atoms with E-state index in [0.29, 0.717) is 39.8 Å². The van der Waals surface area contributed by atoms with Gasteiger partial charge < -0.3 is 4.57 Å². The summed E-state index contributed by atoms with van der Waals surface area (Å²) in [6.07, 6.45) is 0.506. The lowest BCUT2D eigenvalue weighted by Crippen LogP contribution is -2.13. The fraction of sp³-hybridized carbons (Fsp3) is 0.312. The first-order chi connectivity index (χ1) is 11.9. The van der Waals surface area contributed by atoms with Crippen molar-refractivity contribution in [2.24, 2.45) is 0 Å². The molecule has 1 unspecified atom stereocenters. The van der Waals surface area contributed by atoms with E-state index >= 15 is 0 Å². The second-order valence-corrected chi connectivity index (χ2v) is 9.07. The van der Waals surface area contributed by atoms with Crippen LogP contribution in [0.25, 0.3) is 22.6 Å². The van der Waals surface area contributed by atoms with Gasteiger partial charge in [0.25, 0.3) is 0 Å². The zero-order chi connectivity index (χ0) is 17.8. The SMILES string of the molecule is Cc1nc(Cl)c2nc(-c3ccccc3Cl)n(C3CCS(=O)(=O)C3)c2n1. The van der Waals surface area contributed by atoms with Crippen molar-refractivity contribution in [3.63, 3.8) is 0 Å². The topological polar surface area (TPSA) is 77.7 Å². The van der Waals surface area contributed by atoms with Gasteiger partial charge in [0.05, 0.1) is 22.6 Å². The summed E-state index contributed by atoms with van der Waals surface area (Å²) in [7, 11) is -3.08. The lowest BCUT2D eigenvalue weighted by molar-refractivity contribution is 0.570. The lowest BCUT2D eigenvalue weighted by atomic mass is 10.2. The molecular formula is C16H14Cl2N4O2S. The molecule has 1 aromatic carbocycles. The van der Waals surface area contributed by atoms with E-state index in [9.17, 15) is 8.42 Å². The van der Waals surface area contributed by atoms with Crippen LogP contribution < -0.4 is 0 Å². The highest BCUT2D eigenvalue weighted by molar-refractivity contribution is 7.91. The number of benzene rings is 1. The predicted octanol–water partition coefficient (Wildman–Crippen LogP) is 3.47. The molecule has 3 heterocycles. The van der Waals surface area contributed by atoms with Crippen LogP contribution in [0.2, 0.25) is 10.2 Å². The molecule has 0 aliphatic carbocycles. The molecule has 1 aliphatic rings. The number of halogens is 2. The van der Waals surface area contributed by atoms with Crippen LogP contribution in [0.4, 0.5) is 0 Å². The molecule has 0 saturated carbocycles. The predicted molar refractivity (Wildman–Crippen MR) is 97.8 cm³/mol. The summed E-state index contributed by atoms with van der Waals surface area (Å²) >= 11 is 12.6. The van der Waals surface area contributed by atoms with Gasteiger partial charge in [0, 0.05) is 5.56 Å². The van der Waals surface area contributed by atoms with E-state index in [1.165, 1.54) is 0 Å². The number of fused-ring (bicyclic) bond motifs is 1. The molecule has 1 atom stereocenters. The average Bonchev–Trinajstić information content (AvgIpc) is 3.08. The first-order valence-electron chi connectivity index (χ1n) is 7.73. The Morgan fingerprint density at radius 1 is 1.16 bits per heavy atom. The van der Waals surface area contributed by atoms with Gasteiger partial charge in [-0.2, -0.15) is 0 Å². The number of imidazole rings is 1. The van der Waals surface area contributed by atoms with Crippen LogP contribution in [0.5, 0.6) is 0 Å². The van der Waals surface area contributed by atoms with E-state index in [2.05, 4.69) is 15.0 Å². The number of hydrogen-bond acceptors (Lipinski definition) is 5. The molecule has 9 heteroatoms. The molecular weight excluding hydrogens is 383 g/mol. The van der Waals surface area contributed by atoms with E-state index in [-0.39, 0.29) is 22.7 Å². The number of nitrogens with zero attached hydrogens (tertiary/aromatic N) is 4. The molecule has 1 saturated heterocycles. The van der Waals surface area contributed by atoms with E-state index in [4.69, 9.17) is 23.2 Å². The molecule has 0 spiro atoms. The molecule has 25 heavy (non-hydrogen) atoms. The van der Waals surface area contributed by atoms with Crippen molar-refractivity contribution < 1.29 is 8.42 Å². The van der Waals surface area contributed by atoms with Crippen LogP contribution in [-0.2, 0) is 9.84 Å². The van der Waals surface area contributed by atoms with Crippen LogP contribution in [0.3, 0.4) is 0 Å². The summed E-state index contributed by atoms with van der Waals surface area (Å²) < 4.78 is 25.9. The summed E-state index contributed by atoms with van der Waals surface area (Å²) in [5.41, 5.74) is 1.70. The highest BCUT2D eigenvalue weighted by Gasteiger charge is 2.33. The van der Waals surface area contributed by atoms with Gasteiger partial charge in [-0.05, 0) is 25.5 Å². The van der Waals surface area contributed by atoms with Crippen LogP contribution in [0.15, 0.2) is 24.3 Å². The third kappa shape index (κ3) is 2.90. The quantitative estimate of drug-likeness (QED) is 0.619. The first-order valence-corrected chi connectivity index (χ1v) is 10.3. The standard InChI is InChI=1S/C16H14Cl2N4O2S/c1-9-19-14(18)13-16(20-9)22(10-6-7-25(23,24)8-10)15(21-13)11-4-2-3-5-12(11)17/h2-5,10H,6-8H2,1H3. The van der Waals surface area contributed by atoms with Gasteiger partial charge in [-0.25, -0.2) is 23.4 Å². The smallest absolute Gasteiger partial charge is 0.165 e. The third-order valence-corrected chi connectivity index (χ3v) is 6.64. The highest BCUT2D eigenvalue weighted by atomic mass is 35.5. The van der Waals surface area contributed by atoms with Crippen LogP contribution >= 0.6 is 23.2 Å². The molecule has 130 valence electrons. The molecule has 0 amide bonds. The summed E-state index contributed by atoms with van der Waals surface area (Å²) in [6, 6.07) is 7.04. The molecule has 0 bridgehead atoms. The van der Waals surface area contributed by atoms with Crippen molar-refractivity contribution in [3.8, 4) is 11.4 Å². The summed E-state index contributed by atoms with van der Waals surface area (Å²) in [6.45, 7) is 1.74. The van der Waals surface area contributed by atoms with Crippen molar-refractivity contribution in [1.82, 2.24) is 19.5 Å². The van der Waals surface area contributed by atoms with Gasteiger partial charge >= 0.3 is 0 Å². The monoisotopic (exact) mass is 396 g/mol. The summed E-state index contributed by atoms with van der Waals surface area (Å²) in [4.78, 5) is 13.2. The van der Waals surface area contributed by atoms with Gasteiger partial charge in [0.15, 0.2) is 20.6 Å². The van der Waals surface area contributed by atoms with E-state index in [1.54, 1.807) is 13.0 Å². The van der Waals surface area contributed by atoms with Crippen LogP contribution in [0, 0.1) is 6.92 Å². The number of hydrogen-bond donors (Lipinski definition) is 0. The number of aryl methyl sites for hydroxylation is 1. The molecule has 3 aromatic rings. The van der Waals surface area contributed by atoms with Crippen LogP contribution in [-0.4, -0.2) is 39.4 Å². The lowest BCUT2D eigenvalue weighted by Gasteiger charge is -2.15. The first kappa shape index (κ1) is 16.8. The molecule has 4 rings (SSSR count). The number of aromatic nitrogens is 4. The van der Waals surface area contributed by atoms with E-state index < -0.39 is 9.84 Å². The van der Waals surface area contributed by atoms with Gasteiger partial charge in [0.1, 0.15) is 17.2 Å². The van der Waals surface area contributed by atoms with Crippen molar-refractivity contribution >= 4 is 44.2 Å². The maximum Gasteiger partial charge on any atom is 0.165 e. The zero-order valence-electron chi connectivity index (χ0n) is 13.3. The summed E-state index contributed by atoms with van der Waals surface area (Å²) in [5.74, 6) is 1.27. The molecule has 0 radical (unpaired) electrons. The maximum atomic E-state index is 12.0. The molecule has 1 aliphatic heterocycles. The second-order valence-electron chi connectivity index (χ2n) is 6.08. The average molecular weight is 397 g/mol. The molecule has 6 nitrogen and oxygen atoms in total. The van der Waals surface area contributed by atoms with Crippen molar-refractivity contribution in [2.45, 2.75) is 19.4 Å². The normalized spacial score (nSPS) is 19.6. The number of rotatable bonds is 2. The molecule has 1 fully saturated rings. The Hall–Kier alpha value is -1.70. The Bertz CT molecular complexity index is 1090. The van der Waals surface area contributed by atoms with E-state index in [0.717, 1.165) is 0 Å². The number of sulfone groups is 1. The minimum Gasteiger partial charge on any atom is -0.304 e. The van der Waals surface area contributed by atoms with Gasteiger partial charge in [-0.1, -0.05) is 35.3 Å². The van der Waals surface area contributed by atoms with Gasteiger partial charge in [-0.3, -0.25) is 0 Å². The fourth-order valence-electron chi connectivity index (χ4n) is 3.20. The molecule has 0 N–H and O–H groups in total. The van der Waals surface area contributed by atoms with Crippen molar-refractivity contribution in [3.05, 3.63) is 40.3 Å². The molecule has 2 aromatic heterocycles. The fourth-order valence-corrected chi connectivity index (χ4v) is 5.37. The Labute approximate surface area is 154 Å². The Morgan fingerprint density at radius 2 is 1.92 bits per heavy atom. The summed E-state index contributed by atoms with van der Waals surface area (Å²) in [5, 5.41) is 0.774. The Balaban J connectivity index is 2.04. The zero-order valence-corrected chi connectivity index (χ0v) is 15.6. The largest absolute Gasteiger partial charge is 0.304 e. The van der Waals surface area contributed by atoms with Crippen LogP contribution in [0.1, 0.15) is 18.3 Å². The Kier molecular flexibility index (Phi) is 3.97. The highest BCUT2D eigenvalue weighted by Crippen LogP contribution is 2.36. The minimum absolute atomic E-state index is 0.0522. The van der Waals surface area contributed by atoms with E-state index in [1.807, 2.05) is 22.8 Å². The van der Waals surface area contributed by atoms with Gasteiger partial charge in [0.2, 0.25) is 0 Å². The second kappa shape index (κ2) is 5.93. The third-order valence-electron chi connectivity index (χ3n) is 4.30. The Morgan fingerprint density at radius 3 is 2.60 bits per heavy atom. The maximum absolute atomic E-state index is 12.0. The van der Waals surface area contributed by atoms with Crippen molar-refractivity contribution in [2.75, 3.05) is 11.5 Å². The van der Waals surface area contributed by atoms with Crippen molar-refractivity contribution in [1.29, 1.82) is 0 Å².